The van der Waals surface area contributed by atoms with Gasteiger partial charge in [-0.25, -0.2) is 0 Å². The second-order valence-corrected chi connectivity index (χ2v) is 5.64. The van der Waals surface area contributed by atoms with E-state index in [0.717, 1.165) is 12.4 Å². The van der Waals surface area contributed by atoms with Gasteiger partial charge in [0.25, 0.3) is 0 Å². The van der Waals surface area contributed by atoms with Crippen LogP contribution in [0.25, 0.3) is 0 Å². The van der Waals surface area contributed by atoms with Gasteiger partial charge in [-0.1, -0.05) is 44.7 Å². The second-order valence-electron chi connectivity index (χ2n) is 5.64. The van der Waals surface area contributed by atoms with E-state index in [-0.39, 0.29) is 0 Å². The van der Waals surface area contributed by atoms with Gasteiger partial charge in [0, 0.05) is 12.1 Å². The smallest absolute Gasteiger partial charge is 0.119 e. The van der Waals surface area contributed by atoms with Crippen molar-refractivity contribution in [2.45, 2.75) is 71.9 Å². The van der Waals surface area contributed by atoms with E-state index in [2.05, 4.69) is 50.4 Å². The fraction of sp³-hybridized carbons (Fsp3) is 0.667. The molecule has 0 amide bonds. The zero-order valence-corrected chi connectivity index (χ0v) is 13.6. The lowest BCUT2D eigenvalue weighted by Crippen LogP contribution is -2.28. The zero-order chi connectivity index (χ0) is 14.8. The summed E-state index contributed by atoms with van der Waals surface area (Å²) in [5.41, 5.74) is 1.33. The van der Waals surface area contributed by atoms with Crippen molar-refractivity contribution in [1.82, 2.24) is 5.32 Å². The summed E-state index contributed by atoms with van der Waals surface area (Å²) < 4.78 is 5.48. The normalized spacial score (nSPS) is 14.0. The molecule has 0 saturated carbocycles. The number of rotatable bonds is 10. The van der Waals surface area contributed by atoms with Gasteiger partial charge in [-0.3, -0.25) is 0 Å². The Kier molecular flexibility index (Phi) is 8.36. The molecule has 114 valence electrons. The summed E-state index contributed by atoms with van der Waals surface area (Å²) in [4.78, 5) is 0. The van der Waals surface area contributed by atoms with Gasteiger partial charge in [-0.05, 0) is 44.9 Å². The topological polar surface area (TPSA) is 21.3 Å². The average Bonchev–Trinajstić information content (AvgIpc) is 2.45. The summed E-state index contributed by atoms with van der Waals surface area (Å²) in [5, 5.41) is 3.68. The van der Waals surface area contributed by atoms with Crippen LogP contribution in [-0.2, 0) is 0 Å². The lowest BCUT2D eigenvalue weighted by molar-refractivity contribution is 0.340. The van der Waals surface area contributed by atoms with Crippen molar-refractivity contribution < 1.29 is 4.74 Å². The van der Waals surface area contributed by atoms with Crippen molar-refractivity contribution in [2.75, 3.05) is 6.61 Å². The first kappa shape index (κ1) is 17.0. The highest BCUT2D eigenvalue weighted by Crippen LogP contribution is 2.18. The van der Waals surface area contributed by atoms with Crippen molar-refractivity contribution in [2.24, 2.45) is 0 Å². The van der Waals surface area contributed by atoms with Crippen molar-refractivity contribution in [1.29, 1.82) is 0 Å². The predicted octanol–water partition coefficient (Wildman–Crippen LogP) is 5.09. The second kappa shape index (κ2) is 9.82. The molecule has 0 spiro atoms. The van der Waals surface area contributed by atoms with E-state index in [1.165, 1.54) is 37.7 Å². The molecule has 1 N–H and O–H groups in total. The fourth-order valence-corrected chi connectivity index (χ4v) is 2.50. The molecule has 0 fully saturated rings. The Bertz CT molecular complexity index is 347. The Morgan fingerprint density at radius 3 is 2.30 bits per heavy atom. The number of ether oxygens (including phenoxy) is 1. The van der Waals surface area contributed by atoms with Gasteiger partial charge in [0.2, 0.25) is 0 Å². The molecule has 1 aromatic carbocycles. The third-order valence-corrected chi connectivity index (χ3v) is 3.72. The predicted molar refractivity (Wildman–Crippen MR) is 87.4 cm³/mol. The quantitative estimate of drug-likeness (QED) is 0.601. The maximum absolute atomic E-state index is 5.48. The molecule has 2 unspecified atom stereocenters. The van der Waals surface area contributed by atoms with E-state index in [9.17, 15) is 0 Å². The van der Waals surface area contributed by atoms with E-state index in [1.807, 2.05) is 6.92 Å². The Balaban J connectivity index is 2.35. The molecule has 20 heavy (non-hydrogen) atoms. The van der Waals surface area contributed by atoms with Gasteiger partial charge >= 0.3 is 0 Å². The molecule has 0 saturated heterocycles. The first-order valence-corrected chi connectivity index (χ1v) is 8.16. The highest BCUT2D eigenvalue weighted by molar-refractivity contribution is 5.28. The number of benzene rings is 1. The molecule has 0 aliphatic rings. The molecule has 0 radical (unpaired) electrons. The van der Waals surface area contributed by atoms with Gasteiger partial charge in [0.05, 0.1) is 6.61 Å². The molecule has 0 aromatic heterocycles. The fourth-order valence-electron chi connectivity index (χ4n) is 2.50. The van der Waals surface area contributed by atoms with E-state index in [4.69, 9.17) is 4.74 Å². The first-order chi connectivity index (χ1) is 9.67. The van der Waals surface area contributed by atoms with E-state index in [1.54, 1.807) is 0 Å². The van der Waals surface area contributed by atoms with Crippen LogP contribution in [0.15, 0.2) is 24.3 Å². The monoisotopic (exact) mass is 277 g/mol. The maximum atomic E-state index is 5.48. The Morgan fingerprint density at radius 1 is 1.00 bits per heavy atom. The molecular formula is C18H31NO. The Morgan fingerprint density at radius 2 is 1.70 bits per heavy atom. The van der Waals surface area contributed by atoms with Crippen LogP contribution in [0.3, 0.4) is 0 Å². The van der Waals surface area contributed by atoms with Crippen LogP contribution in [0, 0.1) is 0 Å². The summed E-state index contributed by atoms with van der Waals surface area (Å²) in [5.74, 6) is 0.955. The number of hydrogen-bond acceptors (Lipinski definition) is 2. The van der Waals surface area contributed by atoms with Gasteiger partial charge < -0.3 is 10.1 Å². The van der Waals surface area contributed by atoms with E-state index < -0.39 is 0 Å². The van der Waals surface area contributed by atoms with Crippen LogP contribution in [0.5, 0.6) is 5.75 Å². The minimum absolute atomic E-state index is 0.395. The van der Waals surface area contributed by atoms with Gasteiger partial charge in [0.1, 0.15) is 5.75 Å². The van der Waals surface area contributed by atoms with Crippen LogP contribution in [-0.4, -0.2) is 12.6 Å². The standard InChI is InChI=1S/C18H31NO/c1-5-7-8-9-10-15(3)19-16(4)17-11-13-18(14-12-17)20-6-2/h11-16,19H,5-10H2,1-4H3. The number of nitrogens with one attached hydrogen (secondary N) is 1. The minimum atomic E-state index is 0.395. The third kappa shape index (κ3) is 6.42. The zero-order valence-electron chi connectivity index (χ0n) is 13.6. The molecule has 1 rings (SSSR count). The van der Waals surface area contributed by atoms with Crippen LogP contribution in [0.1, 0.15) is 71.4 Å². The van der Waals surface area contributed by atoms with E-state index in [0.29, 0.717) is 12.1 Å². The minimum Gasteiger partial charge on any atom is -0.494 e. The molecule has 0 aliphatic heterocycles. The summed E-state index contributed by atoms with van der Waals surface area (Å²) in [6, 6.07) is 9.41. The SMILES string of the molecule is CCCCCCC(C)NC(C)c1ccc(OCC)cc1. The van der Waals surface area contributed by atoms with E-state index >= 15 is 0 Å². The molecule has 2 atom stereocenters. The lowest BCUT2D eigenvalue weighted by Gasteiger charge is -2.20. The highest BCUT2D eigenvalue weighted by atomic mass is 16.5. The molecule has 1 aromatic rings. The number of unbranched alkanes of at least 4 members (excludes halogenated alkanes) is 3. The lowest BCUT2D eigenvalue weighted by atomic mass is 10.0. The highest BCUT2D eigenvalue weighted by Gasteiger charge is 2.09. The summed E-state index contributed by atoms with van der Waals surface area (Å²) >= 11 is 0. The molecule has 2 nitrogen and oxygen atoms in total. The molecular weight excluding hydrogens is 246 g/mol. The van der Waals surface area contributed by atoms with Crippen molar-refractivity contribution in [3.8, 4) is 5.75 Å². The summed E-state index contributed by atoms with van der Waals surface area (Å²) in [6.07, 6.45) is 6.63. The Labute approximate surface area is 124 Å². The largest absolute Gasteiger partial charge is 0.494 e. The van der Waals surface area contributed by atoms with Crippen LogP contribution in [0.2, 0.25) is 0 Å². The average molecular weight is 277 g/mol. The summed E-state index contributed by atoms with van der Waals surface area (Å²) in [6.45, 7) is 9.52. The molecule has 0 aliphatic carbocycles. The maximum Gasteiger partial charge on any atom is 0.119 e. The van der Waals surface area contributed by atoms with Crippen LogP contribution >= 0.6 is 0 Å². The van der Waals surface area contributed by atoms with Crippen LogP contribution in [0.4, 0.5) is 0 Å². The van der Waals surface area contributed by atoms with Crippen molar-refractivity contribution >= 4 is 0 Å². The van der Waals surface area contributed by atoms with Gasteiger partial charge in [-0.15, -0.1) is 0 Å². The molecule has 0 bridgehead atoms. The first-order valence-electron chi connectivity index (χ1n) is 8.16. The van der Waals surface area contributed by atoms with Crippen LogP contribution < -0.4 is 10.1 Å². The number of hydrogen-bond donors (Lipinski definition) is 1. The van der Waals surface area contributed by atoms with Crippen molar-refractivity contribution in [3.63, 3.8) is 0 Å². The third-order valence-electron chi connectivity index (χ3n) is 3.72. The molecule has 2 heteroatoms. The van der Waals surface area contributed by atoms with Crippen molar-refractivity contribution in [3.05, 3.63) is 29.8 Å². The summed E-state index contributed by atoms with van der Waals surface area (Å²) in [7, 11) is 0. The Hall–Kier alpha value is -1.02. The van der Waals surface area contributed by atoms with Gasteiger partial charge in [0.15, 0.2) is 0 Å². The molecule has 0 heterocycles. The van der Waals surface area contributed by atoms with Gasteiger partial charge in [-0.2, -0.15) is 0 Å².